The molecule has 3 rings (SSSR count). The molecule has 74 heavy (non-hydrogen) atoms. The van der Waals surface area contributed by atoms with Crippen LogP contribution in [0.2, 0.25) is 0 Å². The van der Waals surface area contributed by atoms with E-state index in [1.54, 1.807) is 6.07 Å². The number of hydrogen-bond donors (Lipinski definition) is 15. The molecule has 2 aromatic rings. The summed E-state index contributed by atoms with van der Waals surface area (Å²) in [4.78, 5) is 160. The third-order valence-corrected chi connectivity index (χ3v) is 11.9. The summed E-state index contributed by atoms with van der Waals surface area (Å²) in [5.41, 5.74) is 0.706. The van der Waals surface area contributed by atoms with E-state index in [0.717, 1.165) is 10.8 Å². The Hall–Kier alpha value is -8.04. The molecule has 6 unspecified atom stereocenters. The van der Waals surface area contributed by atoms with Gasteiger partial charge in [0.1, 0.15) is 36.3 Å². The maximum atomic E-state index is 13.8. The smallest absolute Gasteiger partial charge is 0.326 e. The lowest BCUT2D eigenvalue weighted by Gasteiger charge is -2.31. The number of carboxylic acids is 6. The monoisotopic (exact) mass is 1060 g/mol. The van der Waals surface area contributed by atoms with Crippen LogP contribution in [0.15, 0.2) is 42.5 Å². The Balaban J connectivity index is 1.64. The van der Waals surface area contributed by atoms with Gasteiger partial charge in [-0.05, 0) is 67.7 Å². The average molecular weight is 1060 g/mol. The zero-order valence-corrected chi connectivity index (χ0v) is 40.6. The van der Waals surface area contributed by atoms with Crippen molar-refractivity contribution in [2.24, 2.45) is 5.92 Å². The molecule has 0 aliphatic heterocycles. The highest BCUT2D eigenvalue weighted by Gasteiger charge is 2.35. The Labute approximate surface area is 427 Å². The van der Waals surface area contributed by atoms with Gasteiger partial charge in [-0.3, -0.25) is 47.9 Å². The lowest BCUT2D eigenvalue weighted by Crippen LogP contribution is -2.58. The number of carbonyl (C=O) groups excluding carboxylic acids is 7. The first-order chi connectivity index (χ1) is 34.9. The number of amides is 8. The van der Waals surface area contributed by atoms with Gasteiger partial charge in [0.05, 0.1) is 25.0 Å². The molecule has 0 bridgehead atoms. The zero-order valence-electron chi connectivity index (χ0n) is 39.7. The minimum atomic E-state index is -1.96. The van der Waals surface area contributed by atoms with Crippen LogP contribution in [-0.4, -0.2) is 163 Å². The second-order valence-electron chi connectivity index (χ2n) is 17.3. The maximum Gasteiger partial charge on any atom is 0.326 e. The average Bonchev–Trinajstić information content (AvgIpc) is 3.33. The summed E-state index contributed by atoms with van der Waals surface area (Å²) >= 11 is 3.74. The summed E-state index contributed by atoms with van der Waals surface area (Å²) < 4.78 is 0. The van der Waals surface area contributed by atoms with Gasteiger partial charge in [0.25, 0.3) is 0 Å². The van der Waals surface area contributed by atoms with E-state index in [9.17, 15) is 87.9 Å². The van der Waals surface area contributed by atoms with Gasteiger partial charge >= 0.3 is 41.8 Å². The molecule has 0 saturated heterocycles. The van der Waals surface area contributed by atoms with Gasteiger partial charge in [-0.15, -0.1) is 0 Å². The number of thiol groups is 1. The van der Waals surface area contributed by atoms with Gasteiger partial charge in [0.15, 0.2) is 0 Å². The molecule has 8 amide bonds. The minimum Gasteiger partial charge on any atom is -0.481 e. The topological polar surface area (TPSA) is 440 Å². The zero-order chi connectivity index (χ0) is 55.1. The van der Waals surface area contributed by atoms with Crippen LogP contribution in [0.25, 0.3) is 10.8 Å². The molecule has 0 aromatic heterocycles. The fraction of sp³-hybridized carbons (Fsp3) is 0.500. The fourth-order valence-electron chi connectivity index (χ4n) is 7.79. The van der Waals surface area contributed by atoms with E-state index >= 15 is 0 Å². The number of benzene rings is 2. The molecule has 14 N–H and O–H groups in total. The van der Waals surface area contributed by atoms with Crippen molar-refractivity contribution in [2.45, 2.75) is 126 Å². The van der Waals surface area contributed by atoms with Crippen LogP contribution in [0.4, 0.5) is 4.79 Å². The Kier molecular flexibility index (Phi) is 24.5. The third kappa shape index (κ3) is 21.4. The number of urea groups is 1. The van der Waals surface area contributed by atoms with E-state index in [4.69, 9.17) is 5.11 Å². The van der Waals surface area contributed by atoms with Crippen molar-refractivity contribution in [3.05, 3.63) is 48.0 Å². The summed E-state index contributed by atoms with van der Waals surface area (Å²) in [5.74, 6) is -15.5. The molecule has 2 aromatic carbocycles. The van der Waals surface area contributed by atoms with Gasteiger partial charge in [0, 0.05) is 31.3 Å². The van der Waals surface area contributed by atoms with Gasteiger partial charge in [-0.25, -0.2) is 14.4 Å². The van der Waals surface area contributed by atoms with Crippen LogP contribution in [0.5, 0.6) is 0 Å². The van der Waals surface area contributed by atoms with Crippen molar-refractivity contribution in [2.75, 3.05) is 12.3 Å². The van der Waals surface area contributed by atoms with E-state index in [1.165, 1.54) is 0 Å². The van der Waals surface area contributed by atoms with Gasteiger partial charge in [0.2, 0.25) is 35.4 Å². The quantitative estimate of drug-likeness (QED) is 0.0308. The summed E-state index contributed by atoms with van der Waals surface area (Å²) in [6.07, 6.45) is -3.03. The second kappa shape index (κ2) is 30.1. The molecular formula is C46H60N8O19S. The van der Waals surface area contributed by atoms with Crippen molar-refractivity contribution in [3.8, 4) is 0 Å². The molecule has 0 spiro atoms. The number of aliphatic carboxylic acids is 6. The van der Waals surface area contributed by atoms with E-state index in [1.807, 2.05) is 47.0 Å². The van der Waals surface area contributed by atoms with Crippen LogP contribution in [0, 0.1) is 5.92 Å². The van der Waals surface area contributed by atoms with E-state index < -0.39 is 163 Å². The van der Waals surface area contributed by atoms with Gasteiger partial charge in [-0.2, -0.15) is 12.6 Å². The Morgan fingerprint density at radius 1 is 0.527 bits per heavy atom. The molecule has 27 nitrogen and oxygen atoms in total. The van der Waals surface area contributed by atoms with Crippen LogP contribution in [0.1, 0.15) is 82.6 Å². The molecule has 28 heteroatoms. The van der Waals surface area contributed by atoms with Gasteiger partial charge in [-0.1, -0.05) is 42.5 Å². The Bertz CT molecular complexity index is 2410. The molecule has 404 valence electrons. The molecule has 1 fully saturated rings. The number of rotatable bonds is 31. The standard InChI is InChI=1S/C46H60N8O19S/c55-34(22-74)49-31(19-36(58)59)42(67)52-33(21-38(62)63)43(68)51-32(20-37(60)61)41(66)48-27-12-10-25(11-13-27)39(64)50-30(18-23-8-9-24-5-1-2-6-26(24)17-23)40(65)47-16-4-3-7-28(44(69)70)53-46(73)54-29(45(71)72)14-15-35(56)57/h1-2,5-6,8-9,17,25,27-33,74H,3-4,7,10-16,18-22H2,(H,47,65)(H,48,66)(H,49,55)(H,50,64)(H,51,68)(H,52,67)(H,56,57)(H,58,59)(H,60,61)(H,62,63)(H,69,70)(H,71,72)(H2,53,54,73). The molecule has 1 saturated carbocycles. The highest BCUT2D eigenvalue weighted by Crippen LogP contribution is 2.25. The third-order valence-electron chi connectivity index (χ3n) is 11.6. The fourth-order valence-corrected chi connectivity index (χ4v) is 7.88. The van der Waals surface area contributed by atoms with Crippen molar-refractivity contribution < 1.29 is 93.0 Å². The molecule has 1 aliphatic carbocycles. The maximum absolute atomic E-state index is 13.8. The van der Waals surface area contributed by atoms with Crippen molar-refractivity contribution in [1.29, 1.82) is 0 Å². The van der Waals surface area contributed by atoms with Crippen molar-refractivity contribution in [3.63, 3.8) is 0 Å². The summed E-state index contributed by atoms with van der Waals surface area (Å²) in [7, 11) is 0. The lowest BCUT2D eigenvalue weighted by atomic mass is 9.85. The highest BCUT2D eigenvalue weighted by atomic mass is 32.1. The van der Waals surface area contributed by atoms with Crippen molar-refractivity contribution >= 4 is 101 Å². The minimum absolute atomic E-state index is 0.0182. The number of carboxylic acid groups (broad SMARTS) is 6. The van der Waals surface area contributed by atoms with E-state index in [2.05, 4.69) is 44.5 Å². The first-order valence-electron chi connectivity index (χ1n) is 23.2. The number of carbonyl (C=O) groups is 13. The van der Waals surface area contributed by atoms with E-state index in [0.29, 0.717) is 5.56 Å². The summed E-state index contributed by atoms with van der Waals surface area (Å²) in [6.45, 7) is 0.0182. The second-order valence-corrected chi connectivity index (χ2v) is 17.6. The first kappa shape index (κ1) is 60.3. The Morgan fingerprint density at radius 2 is 1.05 bits per heavy atom. The molecule has 0 heterocycles. The summed E-state index contributed by atoms with van der Waals surface area (Å²) in [6, 6.07) is 1.53. The van der Waals surface area contributed by atoms with Crippen LogP contribution >= 0.6 is 12.6 Å². The number of hydrogen-bond acceptors (Lipinski definition) is 14. The van der Waals surface area contributed by atoms with Crippen LogP contribution in [0.3, 0.4) is 0 Å². The Morgan fingerprint density at radius 3 is 1.58 bits per heavy atom. The predicted octanol–water partition coefficient (Wildman–Crippen LogP) is -1.29. The molecule has 0 radical (unpaired) electrons. The SMILES string of the molecule is O=C(O)CCC(NC(=O)NC(CCCCNC(=O)C(Cc1ccc2ccccc2c1)NC(=O)C1CCC(NC(=O)C(CC(=O)O)NC(=O)C(CC(=O)O)NC(=O)C(CC(=O)O)NC(=O)CS)CC1)C(=O)O)C(=O)O. The number of fused-ring (bicyclic) bond motifs is 1. The number of nitrogens with one attached hydrogen (secondary N) is 8. The lowest BCUT2D eigenvalue weighted by molar-refractivity contribution is -0.144. The van der Waals surface area contributed by atoms with Crippen LogP contribution in [-0.2, 0) is 64.0 Å². The molecule has 6 atom stereocenters. The largest absolute Gasteiger partial charge is 0.481 e. The normalized spacial score (nSPS) is 16.4. The first-order valence-corrected chi connectivity index (χ1v) is 23.9. The highest BCUT2D eigenvalue weighted by molar-refractivity contribution is 7.81. The van der Waals surface area contributed by atoms with Crippen molar-refractivity contribution in [1.82, 2.24) is 42.5 Å². The molecule has 1 aliphatic rings. The van der Waals surface area contributed by atoms with E-state index in [-0.39, 0.29) is 57.9 Å². The van der Waals surface area contributed by atoms with Crippen LogP contribution < -0.4 is 42.5 Å². The van der Waals surface area contributed by atoms with Gasteiger partial charge < -0.3 is 73.2 Å². The number of unbranched alkanes of at least 4 members (excludes halogenated alkanes) is 1. The molecular weight excluding hydrogens is 1000 g/mol. The summed E-state index contributed by atoms with van der Waals surface area (Å²) in [5, 5.41) is 76.4. The predicted molar refractivity (Wildman–Crippen MR) is 258 cm³/mol.